The van der Waals surface area contributed by atoms with Gasteiger partial charge < -0.3 is 10.1 Å². The Balaban J connectivity index is 1.67. The number of hydrogen-bond donors (Lipinski definition) is 1. The highest BCUT2D eigenvalue weighted by Crippen LogP contribution is 2.20. The van der Waals surface area contributed by atoms with E-state index in [9.17, 15) is 9.00 Å². The molecule has 0 aromatic heterocycles. The van der Waals surface area contributed by atoms with E-state index in [1.165, 1.54) is 11.8 Å². The van der Waals surface area contributed by atoms with Gasteiger partial charge in [-0.15, -0.1) is 11.8 Å². The summed E-state index contributed by atoms with van der Waals surface area (Å²) in [5.74, 6) is 1.49. The number of thioether (sulfide) groups is 1. The van der Waals surface area contributed by atoms with Gasteiger partial charge in [0.05, 0.1) is 23.7 Å². The second-order valence-electron chi connectivity index (χ2n) is 4.68. The van der Waals surface area contributed by atoms with Crippen molar-refractivity contribution in [1.29, 1.82) is 0 Å². The van der Waals surface area contributed by atoms with Crippen LogP contribution in [-0.2, 0) is 15.6 Å². The summed E-state index contributed by atoms with van der Waals surface area (Å²) in [5.41, 5.74) is 0. The van der Waals surface area contributed by atoms with Gasteiger partial charge in [-0.2, -0.15) is 0 Å². The van der Waals surface area contributed by atoms with Crippen molar-refractivity contribution in [3.8, 4) is 5.75 Å². The van der Waals surface area contributed by atoms with Crippen molar-refractivity contribution in [2.24, 2.45) is 0 Å². The Labute approximate surface area is 143 Å². The molecule has 6 heteroatoms. The molecule has 0 saturated heterocycles. The van der Waals surface area contributed by atoms with Gasteiger partial charge in [0.1, 0.15) is 5.75 Å². The summed E-state index contributed by atoms with van der Waals surface area (Å²) in [6.45, 7) is 0.406. The number of hydrogen-bond acceptors (Lipinski definition) is 4. The molecule has 122 valence electrons. The summed E-state index contributed by atoms with van der Waals surface area (Å²) in [6.07, 6.45) is 0. The molecule has 1 N–H and O–H groups in total. The summed E-state index contributed by atoms with van der Waals surface area (Å²) in [7, 11) is 0.541. The highest BCUT2D eigenvalue weighted by Gasteiger charge is 2.06. The zero-order valence-corrected chi connectivity index (χ0v) is 14.5. The number of rotatable bonds is 8. The summed E-state index contributed by atoms with van der Waals surface area (Å²) >= 11 is 1.46. The number of carbonyl (C=O) groups excluding carboxylic acids is 1. The lowest BCUT2D eigenvalue weighted by Gasteiger charge is -2.06. The third kappa shape index (κ3) is 6.08. The second kappa shape index (κ2) is 9.37. The van der Waals surface area contributed by atoms with E-state index in [1.807, 2.05) is 54.6 Å². The Morgan fingerprint density at radius 1 is 1.13 bits per heavy atom. The van der Waals surface area contributed by atoms with Crippen molar-refractivity contribution in [3.63, 3.8) is 0 Å². The fourth-order valence-corrected chi connectivity index (χ4v) is 3.56. The Hall–Kier alpha value is -1.79. The lowest BCUT2D eigenvalue weighted by molar-refractivity contribution is -0.118. The van der Waals surface area contributed by atoms with Crippen molar-refractivity contribution in [2.45, 2.75) is 9.79 Å². The van der Waals surface area contributed by atoms with E-state index >= 15 is 0 Å². The van der Waals surface area contributed by atoms with Crippen LogP contribution in [0.25, 0.3) is 0 Å². The molecule has 23 heavy (non-hydrogen) atoms. The van der Waals surface area contributed by atoms with Gasteiger partial charge in [-0.3, -0.25) is 9.00 Å². The van der Waals surface area contributed by atoms with Crippen LogP contribution in [0.15, 0.2) is 64.4 Å². The summed E-state index contributed by atoms with van der Waals surface area (Å²) in [5, 5.41) is 2.80. The summed E-state index contributed by atoms with van der Waals surface area (Å²) in [4.78, 5) is 13.6. The van der Waals surface area contributed by atoms with E-state index < -0.39 is 10.8 Å². The molecule has 1 amide bonds. The molecule has 2 aromatic rings. The molecule has 0 saturated carbocycles. The maximum Gasteiger partial charge on any atom is 0.230 e. The molecule has 0 aliphatic carbocycles. The third-order valence-corrected chi connectivity index (χ3v) is 5.43. The van der Waals surface area contributed by atoms with Gasteiger partial charge >= 0.3 is 0 Å². The van der Waals surface area contributed by atoms with Crippen molar-refractivity contribution in [2.75, 3.05) is 25.2 Å². The molecule has 0 radical (unpaired) electrons. The molecule has 2 rings (SSSR count). The van der Waals surface area contributed by atoms with E-state index in [-0.39, 0.29) is 5.91 Å². The molecule has 0 heterocycles. The standard InChI is InChI=1S/C17H19NO3S2/c1-21-14-7-9-15(10-8-14)22-13-17(19)18-11-12-23(20)16-5-3-2-4-6-16/h2-10H,11-13H2,1H3,(H,18,19)/t23-/m0/s1. The molecule has 0 aliphatic heterocycles. The van der Waals surface area contributed by atoms with Crippen LogP contribution >= 0.6 is 11.8 Å². The fourth-order valence-electron chi connectivity index (χ4n) is 1.85. The Morgan fingerprint density at radius 2 is 1.83 bits per heavy atom. The van der Waals surface area contributed by atoms with E-state index in [2.05, 4.69) is 5.32 Å². The average Bonchev–Trinajstić information content (AvgIpc) is 2.61. The van der Waals surface area contributed by atoms with Crippen LogP contribution in [0.1, 0.15) is 0 Å². The topological polar surface area (TPSA) is 55.4 Å². The van der Waals surface area contributed by atoms with Gasteiger partial charge in [0, 0.05) is 22.1 Å². The number of ether oxygens (including phenoxy) is 1. The Bertz CT molecular complexity index is 645. The van der Waals surface area contributed by atoms with E-state index in [1.54, 1.807) is 7.11 Å². The van der Waals surface area contributed by atoms with E-state index in [0.29, 0.717) is 18.1 Å². The second-order valence-corrected chi connectivity index (χ2v) is 7.30. The first kappa shape index (κ1) is 17.6. The van der Waals surface area contributed by atoms with Gasteiger partial charge in [-0.25, -0.2) is 0 Å². The number of amides is 1. The Morgan fingerprint density at radius 3 is 2.48 bits per heavy atom. The van der Waals surface area contributed by atoms with Crippen LogP contribution in [0.3, 0.4) is 0 Å². The first-order chi connectivity index (χ1) is 11.2. The van der Waals surface area contributed by atoms with Crippen LogP contribution in [-0.4, -0.2) is 35.3 Å². The van der Waals surface area contributed by atoms with Gasteiger partial charge in [0.15, 0.2) is 0 Å². The average molecular weight is 349 g/mol. The zero-order valence-electron chi connectivity index (χ0n) is 12.9. The molecule has 4 nitrogen and oxygen atoms in total. The number of nitrogens with one attached hydrogen (secondary N) is 1. The molecule has 0 aliphatic rings. The predicted octanol–water partition coefficient (Wildman–Crippen LogP) is 2.71. The van der Waals surface area contributed by atoms with Gasteiger partial charge in [-0.05, 0) is 36.4 Å². The van der Waals surface area contributed by atoms with Crippen molar-refractivity contribution < 1.29 is 13.7 Å². The normalized spacial score (nSPS) is 11.7. The van der Waals surface area contributed by atoms with Crippen LogP contribution < -0.4 is 10.1 Å². The zero-order chi connectivity index (χ0) is 16.5. The fraction of sp³-hybridized carbons (Fsp3) is 0.235. The van der Waals surface area contributed by atoms with Gasteiger partial charge in [-0.1, -0.05) is 18.2 Å². The SMILES string of the molecule is COc1ccc(SCC(=O)NCC[S@](=O)c2ccccc2)cc1. The van der Waals surface area contributed by atoms with Crippen molar-refractivity contribution in [3.05, 3.63) is 54.6 Å². The maximum absolute atomic E-state index is 12.0. The molecular formula is C17H19NO3S2. The third-order valence-electron chi connectivity index (χ3n) is 3.05. The van der Waals surface area contributed by atoms with Crippen molar-refractivity contribution in [1.82, 2.24) is 5.32 Å². The van der Waals surface area contributed by atoms with Crippen molar-refractivity contribution >= 4 is 28.5 Å². The van der Waals surface area contributed by atoms with Crippen LogP contribution in [0, 0.1) is 0 Å². The molecular weight excluding hydrogens is 330 g/mol. The minimum absolute atomic E-state index is 0.0594. The first-order valence-corrected chi connectivity index (χ1v) is 9.46. The molecule has 0 bridgehead atoms. The number of benzene rings is 2. The first-order valence-electron chi connectivity index (χ1n) is 7.16. The molecule has 0 fully saturated rings. The molecule has 0 unspecified atom stereocenters. The van der Waals surface area contributed by atoms with Crippen LogP contribution in [0.2, 0.25) is 0 Å². The van der Waals surface area contributed by atoms with E-state index in [0.717, 1.165) is 15.5 Å². The summed E-state index contributed by atoms with van der Waals surface area (Å²) in [6, 6.07) is 16.8. The predicted molar refractivity (Wildman–Crippen MR) is 94.4 cm³/mol. The van der Waals surface area contributed by atoms with Gasteiger partial charge in [0.25, 0.3) is 0 Å². The lowest BCUT2D eigenvalue weighted by Crippen LogP contribution is -2.29. The molecule has 0 spiro atoms. The molecule has 1 atom stereocenters. The van der Waals surface area contributed by atoms with Crippen LogP contribution in [0.5, 0.6) is 5.75 Å². The van der Waals surface area contributed by atoms with Crippen LogP contribution in [0.4, 0.5) is 0 Å². The lowest BCUT2D eigenvalue weighted by atomic mass is 10.3. The quantitative estimate of drug-likeness (QED) is 0.745. The number of carbonyl (C=O) groups is 1. The highest BCUT2D eigenvalue weighted by atomic mass is 32.2. The summed E-state index contributed by atoms with van der Waals surface area (Å²) < 4.78 is 17.1. The molecule has 2 aromatic carbocycles. The Kier molecular flexibility index (Phi) is 7.16. The monoisotopic (exact) mass is 349 g/mol. The number of methoxy groups -OCH3 is 1. The largest absolute Gasteiger partial charge is 0.497 e. The minimum atomic E-state index is -1.08. The van der Waals surface area contributed by atoms with Gasteiger partial charge in [0.2, 0.25) is 5.91 Å². The van der Waals surface area contributed by atoms with E-state index in [4.69, 9.17) is 4.74 Å². The maximum atomic E-state index is 12.0. The minimum Gasteiger partial charge on any atom is -0.497 e. The highest BCUT2D eigenvalue weighted by molar-refractivity contribution is 8.00. The smallest absolute Gasteiger partial charge is 0.230 e.